The molecule has 6 heterocycles. The summed E-state index contributed by atoms with van der Waals surface area (Å²) in [6, 6.07) is 202. The second kappa shape index (κ2) is 35.7. The van der Waals surface area contributed by atoms with Crippen LogP contribution >= 0.6 is 0 Å². The van der Waals surface area contributed by atoms with E-state index >= 15 is 0 Å². The Bertz CT molecular complexity index is 9940. The van der Waals surface area contributed by atoms with Crippen LogP contribution in [-0.2, 0) is 0 Å². The van der Waals surface area contributed by atoms with Crippen molar-refractivity contribution in [3.8, 4) is 123 Å². The summed E-state index contributed by atoms with van der Waals surface area (Å²) in [5.74, 6) is 0. The quantitative estimate of drug-likeness (QED) is 0.104. The number of hydrogen-bond donors (Lipinski definition) is 0. The number of hydrogen-bond acceptors (Lipinski definition) is 0. The Morgan fingerprint density at radius 3 is 0.444 bits per heavy atom. The standard InChI is InChI=1S/2C48H32N2.C42H28N2/c1-3-12-33(13-4-1)34-22-24-35(25-23-34)36-14-11-17-40(30-36)50-46-21-10-8-19-42(46)44-32-38(27-29-48(44)50)37-26-28-47-43(31-37)41-18-7-9-20-45(41)49(47)39-15-5-2-6-16-39;1-3-11-33(12-4-1)34-19-21-35(22-20-34)36-23-27-40(28-24-36)50-46-18-10-8-16-42(46)44-32-38(26-30-48(44)50)37-25-29-47-43(31-37)41-15-7-9-17-45(41)49(47)39-13-5-2-6-14-39;1-3-11-29(12-4-1)30-19-23-34(24-20-30)44-40-18-10-8-16-36(40)38-28-32(22-26-42(38)44)31-21-25-41-37(27-31)35-15-7-9-17-39(35)43(41)33-13-5-2-6-14-33/h2*1-32H;1-28H. The fourth-order valence-corrected chi connectivity index (χ4v) is 22.3. The fourth-order valence-electron chi connectivity index (χ4n) is 22.3. The van der Waals surface area contributed by atoms with Gasteiger partial charge in [-0.05, 0) is 271 Å². The van der Waals surface area contributed by atoms with Gasteiger partial charge in [0.05, 0.1) is 66.2 Å². The van der Waals surface area contributed by atoms with Crippen molar-refractivity contribution in [1.82, 2.24) is 27.4 Å². The molecule has 0 aliphatic heterocycles. The molecule has 674 valence electrons. The van der Waals surface area contributed by atoms with Gasteiger partial charge in [0.1, 0.15) is 0 Å². The lowest BCUT2D eigenvalue weighted by atomic mass is 10.00. The zero-order chi connectivity index (χ0) is 95.1. The van der Waals surface area contributed by atoms with E-state index in [0.717, 1.165) is 11.4 Å². The molecule has 6 aromatic heterocycles. The molecule has 0 saturated heterocycles. The van der Waals surface area contributed by atoms with Gasteiger partial charge >= 0.3 is 0 Å². The first kappa shape index (κ1) is 84.2. The van der Waals surface area contributed by atoms with E-state index in [-0.39, 0.29) is 0 Å². The maximum absolute atomic E-state index is 2.41. The van der Waals surface area contributed by atoms with Gasteiger partial charge in [-0.15, -0.1) is 0 Å². The minimum atomic E-state index is 1.16. The first-order chi connectivity index (χ1) is 71.4. The molecule has 0 unspecified atom stereocenters. The highest BCUT2D eigenvalue weighted by Crippen LogP contribution is 2.46. The summed E-state index contributed by atoms with van der Waals surface area (Å²) in [5, 5.41) is 15.1. The lowest BCUT2D eigenvalue weighted by Gasteiger charge is -2.11. The van der Waals surface area contributed by atoms with Crippen LogP contribution in [0.25, 0.3) is 254 Å². The zero-order valence-electron chi connectivity index (χ0n) is 78.8. The Morgan fingerprint density at radius 2 is 0.215 bits per heavy atom. The lowest BCUT2D eigenvalue weighted by molar-refractivity contribution is 1.18. The molecule has 6 heteroatoms. The van der Waals surface area contributed by atoms with Gasteiger partial charge in [-0.2, -0.15) is 0 Å². The van der Waals surface area contributed by atoms with Crippen molar-refractivity contribution in [3.63, 3.8) is 0 Å². The molecule has 0 saturated carbocycles. The molecular weight excluding hydrogens is 1740 g/mol. The summed E-state index contributed by atoms with van der Waals surface area (Å²) in [6.07, 6.45) is 0. The third kappa shape index (κ3) is 14.8. The van der Waals surface area contributed by atoms with Crippen LogP contribution in [0.3, 0.4) is 0 Å². The Kier molecular flexibility index (Phi) is 20.9. The summed E-state index contributed by atoms with van der Waals surface area (Å²) in [4.78, 5) is 0. The van der Waals surface area contributed by atoms with E-state index in [1.54, 1.807) is 0 Å². The molecule has 0 aliphatic carbocycles. The van der Waals surface area contributed by atoms with Crippen molar-refractivity contribution in [2.45, 2.75) is 0 Å². The van der Waals surface area contributed by atoms with Crippen molar-refractivity contribution in [2.75, 3.05) is 0 Å². The molecule has 144 heavy (non-hydrogen) atoms. The van der Waals surface area contributed by atoms with Crippen molar-refractivity contribution in [1.29, 1.82) is 0 Å². The average molecular weight is 1830 g/mol. The number of rotatable bonds is 14. The Morgan fingerprint density at radius 1 is 0.0764 bits per heavy atom. The molecule has 0 bridgehead atoms. The molecule has 0 radical (unpaired) electrons. The Labute approximate surface area is 833 Å². The summed E-state index contributed by atoms with van der Waals surface area (Å²) in [5.41, 5.74) is 41.1. The second-order valence-electron chi connectivity index (χ2n) is 37.4. The van der Waals surface area contributed by atoms with Gasteiger partial charge in [0.15, 0.2) is 0 Å². The van der Waals surface area contributed by atoms with Gasteiger partial charge in [0.25, 0.3) is 0 Å². The minimum absolute atomic E-state index is 1.16. The van der Waals surface area contributed by atoms with E-state index in [2.05, 4.69) is 586 Å². The van der Waals surface area contributed by atoms with Crippen LogP contribution in [0.5, 0.6) is 0 Å². The number of fused-ring (bicyclic) bond motifs is 18. The smallest absolute Gasteiger partial charge is 0.0541 e. The molecular formula is C138H92N6. The highest BCUT2D eigenvalue weighted by molar-refractivity contribution is 6.17. The van der Waals surface area contributed by atoms with E-state index in [9.17, 15) is 0 Å². The average Bonchev–Trinajstić information content (AvgIpc) is 1.59. The van der Waals surface area contributed by atoms with Crippen molar-refractivity contribution >= 4 is 131 Å². The molecule has 0 spiro atoms. The molecule has 29 aromatic rings. The molecule has 0 aliphatic rings. The number of nitrogens with zero attached hydrogens (tertiary/aromatic N) is 6. The second-order valence-corrected chi connectivity index (χ2v) is 37.4. The van der Waals surface area contributed by atoms with Crippen LogP contribution in [0.15, 0.2) is 558 Å². The molecule has 23 aromatic carbocycles. The third-order valence-corrected chi connectivity index (χ3v) is 29.2. The topological polar surface area (TPSA) is 29.6 Å². The summed E-state index contributed by atoms with van der Waals surface area (Å²) in [6.45, 7) is 0. The first-order valence-electron chi connectivity index (χ1n) is 49.5. The van der Waals surface area contributed by atoms with Crippen LogP contribution in [0.4, 0.5) is 0 Å². The zero-order valence-corrected chi connectivity index (χ0v) is 78.8. The largest absolute Gasteiger partial charge is 0.309 e. The van der Waals surface area contributed by atoms with E-state index in [0.29, 0.717) is 0 Å². The first-order valence-corrected chi connectivity index (χ1v) is 49.5. The number of para-hydroxylation sites is 9. The predicted molar refractivity (Wildman–Crippen MR) is 609 cm³/mol. The van der Waals surface area contributed by atoms with E-state index in [1.165, 1.54) is 243 Å². The van der Waals surface area contributed by atoms with Gasteiger partial charge in [-0.25, -0.2) is 0 Å². The highest BCUT2D eigenvalue weighted by Gasteiger charge is 2.23. The van der Waals surface area contributed by atoms with Crippen molar-refractivity contribution in [3.05, 3.63) is 558 Å². The third-order valence-electron chi connectivity index (χ3n) is 29.2. The minimum Gasteiger partial charge on any atom is -0.309 e. The van der Waals surface area contributed by atoms with Gasteiger partial charge in [0.2, 0.25) is 0 Å². The van der Waals surface area contributed by atoms with Crippen LogP contribution in [-0.4, -0.2) is 27.4 Å². The molecule has 0 atom stereocenters. The van der Waals surface area contributed by atoms with Gasteiger partial charge in [0, 0.05) is 98.8 Å². The SMILES string of the molecule is c1ccc(-c2ccc(-c3ccc(-n4c5ccccc5c5cc(-c6ccc7c(c6)c6ccccc6n7-c6ccccc6)ccc54)cc3)cc2)cc1.c1ccc(-c2ccc(-c3cccc(-n4c5ccccc5c5cc(-c6ccc7c(c6)c6ccccc6n7-c6ccccc6)ccc54)c3)cc2)cc1.c1ccc(-c2ccc(-n3c4ccccc4c4cc(-c5ccc6c(c5)c5ccccc5n6-c5ccccc5)ccc43)cc2)cc1. The van der Waals surface area contributed by atoms with Gasteiger partial charge in [-0.3, -0.25) is 0 Å². The Balaban J connectivity index is 0.000000108. The van der Waals surface area contributed by atoms with Gasteiger partial charge in [-0.1, -0.05) is 376 Å². The Hall–Kier alpha value is -19.1. The maximum atomic E-state index is 2.41. The summed E-state index contributed by atoms with van der Waals surface area (Å²) < 4.78 is 14.3. The molecule has 0 fully saturated rings. The van der Waals surface area contributed by atoms with Crippen molar-refractivity contribution in [2.24, 2.45) is 0 Å². The maximum Gasteiger partial charge on any atom is 0.0541 e. The number of benzene rings is 23. The van der Waals surface area contributed by atoms with E-state index in [4.69, 9.17) is 0 Å². The van der Waals surface area contributed by atoms with Crippen molar-refractivity contribution < 1.29 is 0 Å². The molecule has 0 N–H and O–H groups in total. The molecule has 29 rings (SSSR count). The monoisotopic (exact) mass is 1830 g/mol. The highest BCUT2D eigenvalue weighted by atomic mass is 15.0. The fraction of sp³-hybridized carbons (Fsp3) is 0. The van der Waals surface area contributed by atoms with Crippen LogP contribution in [0.2, 0.25) is 0 Å². The molecule has 0 amide bonds. The van der Waals surface area contributed by atoms with Crippen LogP contribution in [0.1, 0.15) is 0 Å². The summed E-state index contributed by atoms with van der Waals surface area (Å²) >= 11 is 0. The van der Waals surface area contributed by atoms with E-state index < -0.39 is 0 Å². The van der Waals surface area contributed by atoms with Gasteiger partial charge < -0.3 is 27.4 Å². The predicted octanol–water partition coefficient (Wildman–Crippen LogP) is 37.0. The molecule has 6 nitrogen and oxygen atoms in total. The van der Waals surface area contributed by atoms with Crippen LogP contribution < -0.4 is 0 Å². The summed E-state index contributed by atoms with van der Waals surface area (Å²) in [7, 11) is 0. The number of aromatic nitrogens is 6. The normalized spacial score (nSPS) is 11.6. The lowest BCUT2D eigenvalue weighted by Crippen LogP contribution is -1.94. The van der Waals surface area contributed by atoms with E-state index in [1.807, 2.05) is 0 Å². The van der Waals surface area contributed by atoms with Crippen LogP contribution in [0, 0.1) is 0 Å².